The van der Waals surface area contributed by atoms with Crippen LogP contribution in [-0.2, 0) is 30.2 Å². The standard InChI is InChI=1S/C20H24O8/c1-4-19(25)15(28-17(23)16(19)22)12-27-20(13(3)21,18(24)26-5-2)11-14-9-7-6-8-10-14/h1,6-10,15-17,22-23,25H,5,11-12H2,2-3H3/t15-,16+,17?,19-,20?/m1/s1. The zero-order chi connectivity index (χ0) is 20.9. The average Bonchev–Trinajstić information content (AvgIpc) is 2.90. The predicted molar refractivity (Wildman–Crippen MR) is 96.8 cm³/mol. The Morgan fingerprint density at radius 1 is 1.32 bits per heavy atom. The van der Waals surface area contributed by atoms with Crippen molar-refractivity contribution >= 4 is 11.8 Å². The molecule has 1 saturated heterocycles. The minimum Gasteiger partial charge on any atom is -0.463 e. The average molecular weight is 392 g/mol. The lowest BCUT2D eigenvalue weighted by molar-refractivity contribution is -0.187. The van der Waals surface area contributed by atoms with Gasteiger partial charge in [-0.2, -0.15) is 0 Å². The summed E-state index contributed by atoms with van der Waals surface area (Å²) in [6.07, 6.45) is 0.283. The number of hydrogen-bond acceptors (Lipinski definition) is 8. The number of terminal acetylenes is 1. The summed E-state index contributed by atoms with van der Waals surface area (Å²) in [5.41, 5.74) is -3.61. The number of ketones is 1. The summed E-state index contributed by atoms with van der Waals surface area (Å²) in [5.74, 6) is 0.473. The topological polar surface area (TPSA) is 123 Å². The van der Waals surface area contributed by atoms with Crippen molar-refractivity contribution in [3.05, 3.63) is 35.9 Å². The first-order valence-corrected chi connectivity index (χ1v) is 8.79. The summed E-state index contributed by atoms with van der Waals surface area (Å²) >= 11 is 0. The van der Waals surface area contributed by atoms with Crippen molar-refractivity contribution in [1.82, 2.24) is 0 Å². The van der Waals surface area contributed by atoms with Crippen molar-refractivity contribution in [2.75, 3.05) is 13.2 Å². The van der Waals surface area contributed by atoms with Gasteiger partial charge in [-0.25, -0.2) is 4.79 Å². The second-order valence-corrected chi connectivity index (χ2v) is 6.51. The van der Waals surface area contributed by atoms with Crippen molar-refractivity contribution < 1.29 is 39.1 Å². The molecule has 5 atom stereocenters. The number of aliphatic hydroxyl groups excluding tert-OH is 2. The Labute approximate surface area is 163 Å². The fourth-order valence-corrected chi connectivity index (χ4v) is 3.00. The third kappa shape index (κ3) is 4.09. The van der Waals surface area contributed by atoms with Crippen molar-refractivity contribution in [3.63, 3.8) is 0 Å². The lowest BCUT2D eigenvalue weighted by atomic mass is 9.89. The second-order valence-electron chi connectivity index (χ2n) is 6.51. The number of esters is 1. The molecule has 8 heteroatoms. The molecule has 0 aromatic heterocycles. The van der Waals surface area contributed by atoms with Crippen LogP contribution >= 0.6 is 0 Å². The van der Waals surface area contributed by atoms with E-state index in [-0.39, 0.29) is 13.0 Å². The fourth-order valence-electron chi connectivity index (χ4n) is 3.00. The summed E-state index contributed by atoms with van der Waals surface area (Å²) in [6, 6.07) is 8.71. The molecule has 2 unspecified atom stereocenters. The molecular weight excluding hydrogens is 368 g/mol. The summed E-state index contributed by atoms with van der Waals surface area (Å²) < 4.78 is 15.8. The molecule has 3 N–H and O–H groups in total. The maximum atomic E-state index is 12.7. The normalized spacial score (nSPS) is 28.9. The molecule has 1 heterocycles. The van der Waals surface area contributed by atoms with Gasteiger partial charge in [0.15, 0.2) is 17.7 Å². The molecule has 0 radical (unpaired) electrons. The Kier molecular flexibility index (Phi) is 6.93. The molecule has 0 saturated carbocycles. The molecular formula is C20H24O8. The van der Waals surface area contributed by atoms with Crippen LogP contribution in [0, 0.1) is 12.3 Å². The predicted octanol–water partition coefficient (Wildman–Crippen LogP) is -0.421. The van der Waals surface area contributed by atoms with E-state index in [1.165, 1.54) is 6.92 Å². The van der Waals surface area contributed by atoms with Gasteiger partial charge in [-0.05, 0) is 19.4 Å². The zero-order valence-electron chi connectivity index (χ0n) is 15.7. The number of hydrogen-bond donors (Lipinski definition) is 3. The van der Waals surface area contributed by atoms with Gasteiger partial charge < -0.3 is 29.5 Å². The molecule has 0 amide bonds. The Hall–Kier alpha value is -2.28. The number of aliphatic hydroxyl groups is 3. The van der Waals surface area contributed by atoms with Crippen LogP contribution in [0.15, 0.2) is 30.3 Å². The van der Waals surface area contributed by atoms with E-state index in [0.29, 0.717) is 5.56 Å². The van der Waals surface area contributed by atoms with Crippen molar-refractivity contribution in [2.24, 2.45) is 0 Å². The van der Waals surface area contributed by atoms with E-state index >= 15 is 0 Å². The first kappa shape index (κ1) is 22.0. The quantitative estimate of drug-likeness (QED) is 0.310. The smallest absolute Gasteiger partial charge is 0.346 e. The van der Waals surface area contributed by atoms with E-state index in [9.17, 15) is 24.9 Å². The third-order valence-corrected chi connectivity index (χ3v) is 4.70. The molecule has 152 valence electrons. The Morgan fingerprint density at radius 2 is 1.96 bits per heavy atom. The molecule has 1 aromatic rings. The molecule has 0 aliphatic carbocycles. The largest absolute Gasteiger partial charge is 0.463 e. The molecule has 1 aliphatic rings. The van der Waals surface area contributed by atoms with Crippen LogP contribution in [0.3, 0.4) is 0 Å². The summed E-state index contributed by atoms with van der Waals surface area (Å²) in [6.45, 7) is 2.26. The van der Waals surface area contributed by atoms with Crippen LogP contribution in [0.2, 0.25) is 0 Å². The summed E-state index contributed by atoms with van der Waals surface area (Å²) in [4.78, 5) is 25.1. The van der Waals surface area contributed by atoms with Gasteiger partial charge in [0.2, 0.25) is 5.60 Å². The maximum Gasteiger partial charge on any atom is 0.346 e. The number of ether oxygens (including phenoxy) is 3. The second kappa shape index (κ2) is 8.82. The molecule has 0 bridgehead atoms. The first-order valence-electron chi connectivity index (χ1n) is 8.79. The molecule has 1 aromatic carbocycles. The Bertz CT molecular complexity index is 742. The lowest BCUT2D eigenvalue weighted by Crippen LogP contribution is -2.55. The molecule has 28 heavy (non-hydrogen) atoms. The van der Waals surface area contributed by atoms with Crippen molar-refractivity contribution in [3.8, 4) is 12.3 Å². The van der Waals surface area contributed by atoms with E-state index in [4.69, 9.17) is 20.6 Å². The third-order valence-electron chi connectivity index (χ3n) is 4.70. The number of Topliss-reactive ketones (excluding diaryl/α,β-unsaturated/α-hetero) is 1. The van der Waals surface area contributed by atoms with Gasteiger partial charge in [0.05, 0.1) is 13.2 Å². The highest BCUT2D eigenvalue weighted by Crippen LogP contribution is 2.32. The highest BCUT2D eigenvalue weighted by atomic mass is 16.7. The highest BCUT2D eigenvalue weighted by molar-refractivity contribution is 6.06. The number of carbonyl (C=O) groups is 2. The minimum atomic E-state index is -2.25. The Morgan fingerprint density at radius 3 is 2.50 bits per heavy atom. The lowest BCUT2D eigenvalue weighted by Gasteiger charge is -2.32. The van der Waals surface area contributed by atoms with Crippen LogP contribution in [0.4, 0.5) is 0 Å². The van der Waals surface area contributed by atoms with Gasteiger partial charge in [-0.15, -0.1) is 6.42 Å². The monoisotopic (exact) mass is 392 g/mol. The van der Waals surface area contributed by atoms with Crippen LogP contribution in [-0.4, -0.2) is 70.0 Å². The van der Waals surface area contributed by atoms with Gasteiger partial charge in [0.1, 0.15) is 12.2 Å². The van der Waals surface area contributed by atoms with Crippen LogP contribution in [0.5, 0.6) is 0 Å². The van der Waals surface area contributed by atoms with Crippen LogP contribution < -0.4 is 0 Å². The fraction of sp³-hybridized carbons (Fsp3) is 0.500. The van der Waals surface area contributed by atoms with Gasteiger partial charge in [0, 0.05) is 6.42 Å². The van der Waals surface area contributed by atoms with Crippen LogP contribution in [0.25, 0.3) is 0 Å². The van der Waals surface area contributed by atoms with Crippen LogP contribution in [0.1, 0.15) is 19.4 Å². The number of rotatable bonds is 8. The maximum absolute atomic E-state index is 12.7. The molecule has 1 aliphatic heterocycles. The summed E-state index contributed by atoms with van der Waals surface area (Å²) in [7, 11) is 0. The zero-order valence-corrected chi connectivity index (χ0v) is 15.7. The van der Waals surface area contributed by atoms with E-state index in [0.717, 1.165) is 0 Å². The van der Waals surface area contributed by atoms with E-state index in [1.54, 1.807) is 37.3 Å². The van der Waals surface area contributed by atoms with E-state index < -0.39 is 48.1 Å². The molecule has 8 nitrogen and oxygen atoms in total. The number of benzene rings is 1. The van der Waals surface area contributed by atoms with Crippen molar-refractivity contribution in [2.45, 2.75) is 50.0 Å². The first-order chi connectivity index (χ1) is 13.2. The molecule has 0 spiro atoms. The van der Waals surface area contributed by atoms with Gasteiger partial charge >= 0.3 is 5.97 Å². The van der Waals surface area contributed by atoms with Gasteiger partial charge in [-0.3, -0.25) is 4.79 Å². The minimum absolute atomic E-state index is 0.0255. The van der Waals surface area contributed by atoms with Gasteiger partial charge in [0.25, 0.3) is 0 Å². The Balaban J connectivity index is 2.33. The molecule has 1 fully saturated rings. The van der Waals surface area contributed by atoms with Crippen molar-refractivity contribution in [1.29, 1.82) is 0 Å². The summed E-state index contributed by atoms with van der Waals surface area (Å²) in [5, 5.41) is 29.9. The van der Waals surface area contributed by atoms with E-state index in [1.807, 2.05) is 5.92 Å². The number of carbonyl (C=O) groups excluding carboxylic acids is 2. The molecule has 2 rings (SSSR count). The van der Waals surface area contributed by atoms with Gasteiger partial charge in [-0.1, -0.05) is 36.3 Å². The highest BCUT2D eigenvalue weighted by Gasteiger charge is 2.56. The van der Waals surface area contributed by atoms with E-state index in [2.05, 4.69) is 0 Å². The SMILES string of the molecule is C#C[C@@]1(O)[C@@H](COC(Cc2ccccc2)(C(C)=O)C(=O)OCC)OC(O)[C@@H]1O.